The van der Waals surface area contributed by atoms with Crippen molar-refractivity contribution in [2.45, 2.75) is 59.0 Å². The van der Waals surface area contributed by atoms with E-state index < -0.39 is 0 Å². The summed E-state index contributed by atoms with van der Waals surface area (Å²) in [6.07, 6.45) is 6.37. The fourth-order valence-electron chi connectivity index (χ4n) is 4.37. The van der Waals surface area contributed by atoms with Gasteiger partial charge in [-0.05, 0) is 88.7 Å². The minimum absolute atomic E-state index is 0.116. The molecule has 1 saturated heterocycles. The van der Waals surface area contributed by atoms with Crippen molar-refractivity contribution in [3.63, 3.8) is 0 Å². The predicted octanol–water partition coefficient (Wildman–Crippen LogP) is 6.73. The number of likely N-dealkylation sites (tertiary alicyclic amines) is 1. The van der Waals surface area contributed by atoms with Crippen molar-refractivity contribution in [2.24, 2.45) is 0 Å². The highest BCUT2D eigenvalue weighted by molar-refractivity contribution is 5.89. The minimum atomic E-state index is 0.116. The van der Waals surface area contributed by atoms with E-state index in [-0.39, 0.29) is 6.10 Å². The zero-order valence-electron chi connectivity index (χ0n) is 20.9. The van der Waals surface area contributed by atoms with Crippen molar-refractivity contribution >= 4 is 10.9 Å². The van der Waals surface area contributed by atoms with Gasteiger partial charge in [0, 0.05) is 23.6 Å². The molecule has 4 rings (SSSR count). The molecular formula is C29H38N2O3. The monoisotopic (exact) mass is 462 g/mol. The largest absolute Gasteiger partial charge is 0.494 e. The summed E-state index contributed by atoms with van der Waals surface area (Å²) in [6, 6.07) is 16.3. The smallest absolute Gasteiger partial charge is 0.131 e. The van der Waals surface area contributed by atoms with Crippen LogP contribution in [0.3, 0.4) is 0 Å². The van der Waals surface area contributed by atoms with Crippen LogP contribution in [-0.2, 0) is 0 Å². The maximum absolute atomic E-state index is 6.40. The van der Waals surface area contributed by atoms with E-state index >= 15 is 0 Å². The van der Waals surface area contributed by atoms with Gasteiger partial charge in [0.05, 0.1) is 23.9 Å². The van der Waals surface area contributed by atoms with Crippen LogP contribution in [0.1, 0.15) is 52.9 Å². The number of nitrogens with zero attached hydrogens (tertiary/aromatic N) is 2. The summed E-state index contributed by atoms with van der Waals surface area (Å²) >= 11 is 0. The fourth-order valence-corrected chi connectivity index (χ4v) is 4.37. The maximum Gasteiger partial charge on any atom is 0.131 e. The molecule has 1 aliphatic rings. The van der Waals surface area contributed by atoms with Gasteiger partial charge in [0.2, 0.25) is 0 Å². The third kappa shape index (κ3) is 6.63. The zero-order chi connectivity index (χ0) is 23.8. The highest BCUT2D eigenvalue weighted by Gasteiger charge is 2.13. The van der Waals surface area contributed by atoms with Crippen LogP contribution in [0.4, 0.5) is 0 Å². The molecule has 0 amide bonds. The summed E-state index contributed by atoms with van der Waals surface area (Å²) in [7, 11) is 0. The second kappa shape index (κ2) is 12.1. The summed E-state index contributed by atoms with van der Waals surface area (Å²) in [5.41, 5.74) is 2.85. The average molecular weight is 463 g/mol. The predicted molar refractivity (Wildman–Crippen MR) is 139 cm³/mol. The Morgan fingerprint density at radius 3 is 2.29 bits per heavy atom. The van der Waals surface area contributed by atoms with Gasteiger partial charge in [-0.25, -0.2) is 4.98 Å². The first kappa shape index (κ1) is 24.3. The fraction of sp³-hybridized carbons (Fsp3) is 0.483. The van der Waals surface area contributed by atoms with Gasteiger partial charge < -0.3 is 14.2 Å². The van der Waals surface area contributed by atoms with Crippen LogP contribution in [-0.4, -0.2) is 48.8 Å². The van der Waals surface area contributed by atoms with Crippen molar-refractivity contribution in [2.75, 3.05) is 32.8 Å². The SMILES string of the molecule is CCCOc1ccc(-c2cc(OCCN3CCCCCC3)c3cc(OC(C)C)ccc3n2)cc1. The van der Waals surface area contributed by atoms with Crippen molar-refractivity contribution in [1.29, 1.82) is 0 Å². The summed E-state index contributed by atoms with van der Waals surface area (Å²) < 4.78 is 18.1. The Hall–Kier alpha value is -2.79. The summed E-state index contributed by atoms with van der Waals surface area (Å²) in [5.74, 6) is 2.58. The van der Waals surface area contributed by atoms with Crippen LogP contribution in [0.2, 0.25) is 0 Å². The number of aromatic nitrogens is 1. The number of fused-ring (bicyclic) bond motifs is 1. The van der Waals surface area contributed by atoms with E-state index in [0.29, 0.717) is 6.61 Å². The van der Waals surface area contributed by atoms with Gasteiger partial charge in [-0.2, -0.15) is 0 Å². The zero-order valence-corrected chi connectivity index (χ0v) is 20.9. The molecule has 182 valence electrons. The number of benzene rings is 2. The lowest BCUT2D eigenvalue weighted by Crippen LogP contribution is -2.29. The van der Waals surface area contributed by atoms with Gasteiger partial charge in [0.15, 0.2) is 0 Å². The molecule has 2 aromatic carbocycles. The van der Waals surface area contributed by atoms with Crippen LogP contribution in [0.15, 0.2) is 48.5 Å². The van der Waals surface area contributed by atoms with E-state index in [4.69, 9.17) is 19.2 Å². The van der Waals surface area contributed by atoms with Gasteiger partial charge in [0.25, 0.3) is 0 Å². The molecule has 1 aromatic heterocycles. The van der Waals surface area contributed by atoms with E-state index in [2.05, 4.69) is 36.1 Å². The Kier molecular flexibility index (Phi) is 8.64. The molecule has 5 heteroatoms. The van der Waals surface area contributed by atoms with Gasteiger partial charge in [-0.1, -0.05) is 19.8 Å². The Bertz CT molecular complexity index is 1040. The molecule has 2 heterocycles. The van der Waals surface area contributed by atoms with Crippen molar-refractivity contribution in [3.8, 4) is 28.5 Å². The van der Waals surface area contributed by atoms with Crippen molar-refractivity contribution in [1.82, 2.24) is 9.88 Å². The van der Waals surface area contributed by atoms with Gasteiger partial charge in [-0.15, -0.1) is 0 Å². The lowest BCUT2D eigenvalue weighted by molar-refractivity contribution is 0.215. The van der Waals surface area contributed by atoms with Crippen molar-refractivity contribution < 1.29 is 14.2 Å². The molecule has 0 atom stereocenters. The summed E-state index contributed by atoms with van der Waals surface area (Å²) in [5, 5.41) is 0.987. The quantitative estimate of drug-likeness (QED) is 0.334. The molecule has 1 fully saturated rings. The summed E-state index contributed by atoms with van der Waals surface area (Å²) in [6.45, 7) is 10.9. The molecule has 3 aromatic rings. The van der Waals surface area contributed by atoms with E-state index in [9.17, 15) is 0 Å². The maximum atomic E-state index is 6.40. The number of pyridine rings is 1. The van der Waals surface area contributed by atoms with Crippen LogP contribution >= 0.6 is 0 Å². The molecular weight excluding hydrogens is 424 g/mol. The average Bonchev–Trinajstić information content (AvgIpc) is 3.11. The third-order valence-corrected chi connectivity index (χ3v) is 6.10. The number of rotatable bonds is 10. The minimum Gasteiger partial charge on any atom is -0.494 e. The second-order valence-corrected chi connectivity index (χ2v) is 9.33. The Labute approximate surface area is 204 Å². The normalized spacial score (nSPS) is 14.8. The molecule has 0 N–H and O–H groups in total. The van der Waals surface area contributed by atoms with Gasteiger partial charge in [-0.3, -0.25) is 4.90 Å². The highest BCUT2D eigenvalue weighted by Crippen LogP contribution is 2.33. The molecule has 1 aliphatic heterocycles. The molecule has 0 bridgehead atoms. The van der Waals surface area contributed by atoms with E-state index in [0.717, 1.165) is 59.0 Å². The molecule has 0 unspecified atom stereocenters. The standard InChI is InChI=1S/C29H38N2O3/c1-4-18-32-24-11-9-23(10-12-24)28-21-29(33-19-17-31-15-7-5-6-8-16-31)26-20-25(34-22(2)3)13-14-27(26)30-28/h9-14,20-22H,4-8,15-19H2,1-3H3. The lowest BCUT2D eigenvalue weighted by Gasteiger charge is -2.20. The van der Waals surface area contributed by atoms with Crippen LogP contribution in [0, 0.1) is 0 Å². The topological polar surface area (TPSA) is 43.8 Å². The molecule has 0 aliphatic carbocycles. The lowest BCUT2D eigenvalue weighted by atomic mass is 10.1. The number of hydrogen-bond donors (Lipinski definition) is 0. The molecule has 0 radical (unpaired) electrons. The van der Waals surface area contributed by atoms with Crippen LogP contribution < -0.4 is 14.2 Å². The molecule has 34 heavy (non-hydrogen) atoms. The molecule has 0 saturated carbocycles. The van der Waals surface area contributed by atoms with E-state index in [1.165, 1.54) is 38.8 Å². The third-order valence-electron chi connectivity index (χ3n) is 6.10. The van der Waals surface area contributed by atoms with Gasteiger partial charge in [0.1, 0.15) is 23.9 Å². The molecule has 0 spiro atoms. The first-order valence-electron chi connectivity index (χ1n) is 12.8. The van der Waals surface area contributed by atoms with E-state index in [1.807, 2.05) is 38.1 Å². The van der Waals surface area contributed by atoms with Gasteiger partial charge >= 0.3 is 0 Å². The first-order chi connectivity index (χ1) is 16.6. The summed E-state index contributed by atoms with van der Waals surface area (Å²) in [4.78, 5) is 7.47. The van der Waals surface area contributed by atoms with Crippen LogP contribution in [0.5, 0.6) is 17.2 Å². The Morgan fingerprint density at radius 1 is 0.853 bits per heavy atom. The highest BCUT2D eigenvalue weighted by atomic mass is 16.5. The second-order valence-electron chi connectivity index (χ2n) is 9.33. The van der Waals surface area contributed by atoms with Crippen molar-refractivity contribution in [3.05, 3.63) is 48.5 Å². The number of hydrogen-bond acceptors (Lipinski definition) is 5. The Morgan fingerprint density at radius 2 is 1.59 bits per heavy atom. The number of ether oxygens (including phenoxy) is 3. The molecule has 5 nitrogen and oxygen atoms in total. The first-order valence-corrected chi connectivity index (χ1v) is 12.8. The van der Waals surface area contributed by atoms with E-state index in [1.54, 1.807) is 0 Å². The Balaban J connectivity index is 1.59. The van der Waals surface area contributed by atoms with Crippen LogP contribution in [0.25, 0.3) is 22.2 Å².